The van der Waals surface area contributed by atoms with Gasteiger partial charge < -0.3 is 9.30 Å². The number of fused-ring (bicyclic) bond motifs is 1. The van der Waals surface area contributed by atoms with Crippen molar-refractivity contribution in [2.24, 2.45) is 0 Å². The van der Waals surface area contributed by atoms with Gasteiger partial charge in [-0.2, -0.15) is 0 Å². The zero-order valence-electron chi connectivity index (χ0n) is 10.1. The van der Waals surface area contributed by atoms with Crippen LogP contribution < -0.4 is 0 Å². The van der Waals surface area contributed by atoms with Crippen LogP contribution in [0.4, 0.5) is 0 Å². The molecule has 0 fully saturated rings. The molecular formula is C14H17NO2. The van der Waals surface area contributed by atoms with Crippen LogP contribution in [0.3, 0.4) is 0 Å². The topological polar surface area (TPSA) is 31.2 Å². The highest BCUT2D eigenvalue weighted by Gasteiger charge is 2.06. The van der Waals surface area contributed by atoms with Gasteiger partial charge >= 0.3 is 0 Å². The number of aldehydes is 1. The summed E-state index contributed by atoms with van der Waals surface area (Å²) >= 11 is 0. The summed E-state index contributed by atoms with van der Waals surface area (Å²) in [5, 5.41) is 1.04. The lowest BCUT2D eigenvalue weighted by Gasteiger charge is -2.04. The van der Waals surface area contributed by atoms with Crippen molar-refractivity contribution in [3.63, 3.8) is 0 Å². The molecule has 1 aromatic carbocycles. The second-order valence-electron chi connectivity index (χ2n) is 4.11. The molecule has 1 aromatic heterocycles. The van der Waals surface area contributed by atoms with E-state index in [9.17, 15) is 4.79 Å². The highest BCUT2D eigenvalue weighted by Crippen LogP contribution is 2.20. The molecule has 3 heteroatoms. The van der Waals surface area contributed by atoms with Crippen LogP contribution in [0.15, 0.2) is 30.5 Å². The summed E-state index contributed by atoms with van der Waals surface area (Å²) in [4.78, 5) is 11.0. The van der Waals surface area contributed by atoms with E-state index in [0.29, 0.717) is 0 Å². The first-order valence-electron chi connectivity index (χ1n) is 5.89. The van der Waals surface area contributed by atoms with Crippen molar-refractivity contribution in [3.8, 4) is 0 Å². The van der Waals surface area contributed by atoms with E-state index >= 15 is 0 Å². The first-order chi connectivity index (χ1) is 8.36. The summed E-state index contributed by atoms with van der Waals surface area (Å²) in [5.41, 5.74) is 1.90. The molecule has 0 radical (unpaired) electrons. The highest BCUT2D eigenvalue weighted by molar-refractivity contribution is 5.97. The third kappa shape index (κ3) is 2.56. The van der Waals surface area contributed by atoms with E-state index in [-0.39, 0.29) is 0 Å². The summed E-state index contributed by atoms with van der Waals surface area (Å²) in [6.07, 6.45) is 4.96. The van der Waals surface area contributed by atoms with E-state index in [1.807, 2.05) is 24.4 Å². The van der Waals surface area contributed by atoms with Crippen molar-refractivity contribution in [3.05, 3.63) is 36.0 Å². The molecule has 0 unspecified atom stereocenters. The number of para-hydroxylation sites is 1. The maximum absolute atomic E-state index is 11.0. The second kappa shape index (κ2) is 5.64. The maximum atomic E-state index is 11.0. The van der Waals surface area contributed by atoms with Crippen LogP contribution in [0.1, 0.15) is 23.2 Å². The molecule has 90 valence electrons. The van der Waals surface area contributed by atoms with Crippen molar-refractivity contribution in [2.45, 2.75) is 19.4 Å². The third-order valence-electron chi connectivity index (χ3n) is 2.94. The Bertz CT molecular complexity index is 502. The normalized spacial score (nSPS) is 10.9. The van der Waals surface area contributed by atoms with Gasteiger partial charge in [-0.1, -0.05) is 18.2 Å². The fourth-order valence-corrected chi connectivity index (χ4v) is 2.08. The van der Waals surface area contributed by atoms with Crippen molar-refractivity contribution in [1.82, 2.24) is 4.57 Å². The van der Waals surface area contributed by atoms with E-state index in [1.165, 1.54) is 0 Å². The molecule has 0 bridgehead atoms. The van der Waals surface area contributed by atoms with E-state index in [1.54, 1.807) is 7.11 Å². The Morgan fingerprint density at radius 3 is 2.88 bits per heavy atom. The number of unbranched alkanes of at least 4 members (excludes halogenated alkanes) is 1. The summed E-state index contributed by atoms with van der Waals surface area (Å²) in [5.74, 6) is 0. The number of rotatable bonds is 6. The molecule has 1 heterocycles. The molecule has 0 aliphatic rings. The Kier molecular flexibility index (Phi) is 3.94. The molecule has 3 nitrogen and oxygen atoms in total. The number of carbonyl (C=O) groups is 1. The number of hydrogen-bond donors (Lipinski definition) is 0. The molecule has 0 aliphatic heterocycles. The second-order valence-corrected chi connectivity index (χ2v) is 4.11. The van der Waals surface area contributed by atoms with E-state index in [2.05, 4.69) is 10.6 Å². The molecule has 0 saturated heterocycles. The molecule has 0 amide bonds. The third-order valence-corrected chi connectivity index (χ3v) is 2.94. The average Bonchev–Trinajstić information content (AvgIpc) is 2.73. The maximum Gasteiger partial charge on any atom is 0.152 e. The molecule has 0 spiro atoms. The molecule has 0 atom stereocenters. The molecule has 0 aliphatic carbocycles. The van der Waals surface area contributed by atoms with Crippen LogP contribution in [-0.4, -0.2) is 24.6 Å². The Morgan fingerprint density at radius 1 is 1.29 bits per heavy atom. The Morgan fingerprint density at radius 2 is 2.12 bits per heavy atom. The number of methoxy groups -OCH3 is 1. The highest BCUT2D eigenvalue weighted by atomic mass is 16.5. The van der Waals surface area contributed by atoms with Crippen LogP contribution in [-0.2, 0) is 11.3 Å². The van der Waals surface area contributed by atoms with Gasteiger partial charge in [-0.05, 0) is 18.9 Å². The first kappa shape index (κ1) is 11.9. The zero-order chi connectivity index (χ0) is 12.1. The lowest BCUT2D eigenvalue weighted by molar-refractivity contribution is 0.112. The van der Waals surface area contributed by atoms with Crippen LogP contribution in [0.25, 0.3) is 10.9 Å². The summed E-state index contributed by atoms with van der Waals surface area (Å²) in [7, 11) is 1.72. The van der Waals surface area contributed by atoms with Gasteiger partial charge in [-0.3, -0.25) is 4.79 Å². The Hall–Kier alpha value is -1.61. The van der Waals surface area contributed by atoms with Crippen molar-refractivity contribution in [1.29, 1.82) is 0 Å². The lowest BCUT2D eigenvalue weighted by Crippen LogP contribution is -1.98. The smallest absolute Gasteiger partial charge is 0.152 e. The Labute approximate surface area is 101 Å². The van der Waals surface area contributed by atoms with Gasteiger partial charge in [0.05, 0.1) is 0 Å². The van der Waals surface area contributed by atoms with Crippen LogP contribution in [0.5, 0.6) is 0 Å². The minimum Gasteiger partial charge on any atom is -0.385 e. The van der Waals surface area contributed by atoms with Gasteiger partial charge in [-0.25, -0.2) is 0 Å². The predicted molar refractivity (Wildman–Crippen MR) is 68.4 cm³/mol. The number of aryl methyl sites for hydroxylation is 1. The monoisotopic (exact) mass is 231 g/mol. The van der Waals surface area contributed by atoms with Crippen LogP contribution >= 0.6 is 0 Å². The van der Waals surface area contributed by atoms with Crippen molar-refractivity contribution < 1.29 is 9.53 Å². The Balaban J connectivity index is 2.19. The van der Waals surface area contributed by atoms with Crippen molar-refractivity contribution in [2.75, 3.05) is 13.7 Å². The lowest BCUT2D eigenvalue weighted by atomic mass is 10.2. The number of ether oxygens (including phenoxy) is 1. The van der Waals surface area contributed by atoms with Gasteiger partial charge in [0.1, 0.15) is 0 Å². The van der Waals surface area contributed by atoms with Gasteiger partial charge in [0, 0.05) is 42.9 Å². The number of benzene rings is 1. The molecule has 17 heavy (non-hydrogen) atoms. The summed E-state index contributed by atoms with van der Waals surface area (Å²) < 4.78 is 7.18. The minimum absolute atomic E-state index is 0.771. The number of aromatic nitrogens is 1. The SMILES string of the molecule is COCCCCn1cc(C=O)c2ccccc21. The van der Waals surface area contributed by atoms with Crippen molar-refractivity contribution >= 4 is 17.2 Å². The van der Waals surface area contributed by atoms with E-state index < -0.39 is 0 Å². The van der Waals surface area contributed by atoms with Gasteiger partial charge in [0.2, 0.25) is 0 Å². The fourth-order valence-electron chi connectivity index (χ4n) is 2.08. The average molecular weight is 231 g/mol. The van der Waals surface area contributed by atoms with Gasteiger partial charge in [-0.15, -0.1) is 0 Å². The fraction of sp³-hybridized carbons (Fsp3) is 0.357. The predicted octanol–water partition coefficient (Wildman–Crippen LogP) is 2.88. The molecule has 2 rings (SSSR count). The van der Waals surface area contributed by atoms with Crippen LogP contribution in [0, 0.1) is 0 Å². The summed E-state index contributed by atoms with van der Waals surface area (Å²) in [6, 6.07) is 8.01. The molecular weight excluding hydrogens is 214 g/mol. The number of hydrogen-bond acceptors (Lipinski definition) is 2. The molecule has 0 saturated carbocycles. The zero-order valence-corrected chi connectivity index (χ0v) is 10.1. The van der Waals surface area contributed by atoms with Crippen LogP contribution in [0.2, 0.25) is 0 Å². The van der Waals surface area contributed by atoms with Gasteiger partial charge in [0.25, 0.3) is 0 Å². The summed E-state index contributed by atoms with van der Waals surface area (Å²) in [6.45, 7) is 1.72. The standard InChI is InChI=1S/C14H17NO2/c1-17-9-5-4-8-15-10-12(11-16)13-6-2-3-7-14(13)15/h2-3,6-7,10-11H,4-5,8-9H2,1H3. The molecule has 2 aromatic rings. The van der Waals surface area contributed by atoms with Gasteiger partial charge in [0.15, 0.2) is 6.29 Å². The van der Waals surface area contributed by atoms with E-state index in [4.69, 9.17) is 4.74 Å². The number of nitrogens with zero attached hydrogens (tertiary/aromatic N) is 1. The largest absolute Gasteiger partial charge is 0.385 e. The number of carbonyl (C=O) groups excluding carboxylic acids is 1. The minimum atomic E-state index is 0.771. The quantitative estimate of drug-likeness (QED) is 0.565. The molecule has 0 N–H and O–H groups in total. The van der Waals surface area contributed by atoms with E-state index in [0.717, 1.165) is 48.7 Å². The first-order valence-corrected chi connectivity index (χ1v) is 5.89.